The van der Waals surface area contributed by atoms with Crippen LogP contribution in [0.25, 0.3) is 0 Å². The highest BCUT2D eigenvalue weighted by atomic mass is 32.2. The Kier molecular flexibility index (Phi) is 7.61. The van der Waals surface area contributed by atoms with Gasteiger partial charge in [-0.05, 0) is 37.8 Å². The van der Waals surface area contributed by atoms with Crippen LogP contribution in [0.3, 0.4) is 0 Å². The molecule has 6 nitrogen and oxygen atoms in total. The molecule has 0 aliphatic carbocycles. The van der Waals surface area contributed by atoms with E-state index in [0.29, 0.717) is 43.5 Å². The van der Waals surface area contributed by atoms with Gasteiger partial charge in [-0.15, -0.1) is 0 Å². The average molecular weight is 382 g/mol. The molecule has 1 aliphatic heterocycles. The molecule has 1 aromatic carbocycles. The Morgan fingerprint density at radius 3 is 2.23 bits per heavy atom. The van der Waals surface area contributed by atoms with Crippen LogP contribution in [0, 0.1) is 5.92 Å². The van der Waals surface area contributed by atoms with Gasteiger partial charge in [-0.25, -0.2) is 8.42 Å². The van der Waals surface area contributed by atoms with Crippen molar-refractivity contribution in [1.29, 1.82) is 0 Å². The fourth-order valence-electron chi connectivity index (χ4n) is 3.05. The minimum atomic E-state index is -3.44. The maximum absolute atomic E-state index is 12.6. The van der Waals surface area contributed by atoms with Crippen molar-refractivity contribution in [3.63, 3.8) is 0 Å². The molecule has 1 saturated heterocycles. The van der Waals surface area contributed by atoms with Crippen LogP contribution in [0.2, 0.25) is 0 Å². The van der Waals surface area contributed by atoms with Crippen LogP contribution in [-0.2, 0) is 14.8 Å². The lowest BCUT2D eigenvalue weighted by Crippen LogP contribution is -2.51. The summed E-state index contributed by atoms with van der Waals surface area (Å²) in [7, 11) is -3.44. The van der Waals surface area contributed by atoms with Crippen molar-refractivity contribution in [2.24, 2.45) is 5.92 Å². The Morgan fingerprint density at radius 2 is 1.65 bits per heavy atom. The first-order valence-electron chi connectivity index (χ1n) is 9.36. The second kappa shape index (κ2) is 9.48. The van der Waals surface area contributed by atoms with Crippen molar-refractivity contribution in [3.05, 3.63) is 30.3 Å². The molecule has 1 heterocycles. The van der Waals surface area contributed by atoms with Gasteiger partial charge in [-0.2, -0.15) is 4.31 Å². The quantitative estimate of drug-likeness (QED) is 0.747. The number of sulfonamides is 1. The van der Waals surface area contributed by atoms with E-state index in [0.717, 1.165) is 12.8 Å². The third-order valence-electron chi connectivity index (χ3n) is 4.66. The van der Waals surface area contributed by atoms with Crippen molar-refractivity contribution in [2.75, 3.05) is 32.7 Å². The summed E-state index contributed by atoms with van der Waals surface area (Å²) in [5.74, 6) is 0.648. The molecule has 0 aromatic heterocycles. The topological polar surface area (TPSA) is 69.7 Å². The highest BCUT2D eigenvalue weighted by Gasteiger charge is 2.28. The zero-order chi connectivity index (χ0) is 19.2. The van der Waals surface area contributed by atoms with E-state index < -0.39 is 10.0 Å². The first kappa shape index (κ1) is 20.9. The van der Waals surface area contributed by atoms with Crippen LogP contribution in [0.4, 0.5) is 0 Å². The lowest BCUT2D eigenvalue weighted by molar-refractivity contribution is -0.123. The Bertz CT molecular complexity index is 669. The van der Waals surface area contributed by atoms with Gasteiger partial charge in [0.25, 0.3) is 0 Å². The standard InChI is InChI=1S/C19H31N3O3S/c1-16(2)9-10-17(3)20-19(23)15-21-11-13-22(14-12-21)26(24,25)18-7-5-4-6-8-18/h4-8,16-17H,9-15H2,1-3H3,(H,20,23)/t17-/m0/s1. The first-order chi connectivity index (χ1) is 12.3. The molecule has 1 amide bonds. The van der Waals surface area contributed by atoms with Crippen LogP contribution in [0.5, 0.6) is 0 Å². The zero-order valence-electron chi connectivity index (χ0n) is 16.0. The number of carbonyl (C=O) groups is 1. The summed E-state index contributed by atoms with van der Waals surface area (Å²) in [5, 5.41) is 3.04. The third kappa shape index (κ3) is 6.07. The number of hydrogen-bond acceptors (Lipinski definition) is 4. The fraction of sp³-hybridized carbons (Fsp3) is 0.632. The Labute approximate surface area is 157 Å². The van der Waals surface area contributed by atoms with Gasteiger partial charge in [-0.1, -0.05) is 32.0 Å². The van der Waals surface area contributed by atoms with E-state index >= 15 is 0 Å². The van der Waals surface area contributed by atoms with Crippen LogP contribution in [0.15, 0.2) is 35.2 Å². The molecular formula is C19H31N3O3S. The monoisotopic (exact) mass is 381 g/mol. The van der Waals surface area contributed by atoms with Gasteiger partial charge in [0, 0.05) is 32.2 Å². The Morgan fingerprint density at radius 1 is 1.04 bits per heavy atom. The van der Waals surface area contributed by atoms with Crippen LogP contribution in [-0.4, -0.2) is 62.3 Å². The molecule has 0 saturated carbocycles. The molecule has 146 valence electrons. The minimum absolute atomic E-state index is 0.0145. The number of nitrogens with zero attached hydrogens (tertiary/aromatic N) is 2. The van der Waals surface area contributed by atoms with Crippen molar-refractivity contribution in [1.82, 2.24) is 14.5 Å². The van der Waals surface area contributed by atoms with Crippen molar-refractivity contribution in [2.45, 2.75) is 44.6 Å². The van der Waals surface area contributed by atoms with E-state index in [1.807, 2.05) is 11.8 Å². The smallest absolute Gasteiger partial charge is 0.243 e. The number of rotatable bonds is 8. The summed E-state index contributed by atoms with van der Waals surface area (Å²) in [6, 6.07) is 8.67. The molecule has 1 N–H and O–H groups in total. The van der Waals surface area contributed by atoms with E-state index in [1.165, 1.54) is 4.31 Å². The third-order valence-corrected chi connectivity index (χ3v) is 6.58. The summed E-state index contributed by atoms with van der Waals surface area (Å²) in [6.07, 6.45) is 2.07. The van der Waals surface area contributed by atoms with E-state index in [4.69, 9.17) is 0 Å². The van der Waals surface area contributed by atoms with Crippen molar-refractivity contribution < 1.29 is 13.2 Å². The van der Waals surface area contributed by atoms with Gasteiger partial charge in [0.1, 0.15) is 0 Å². The average Bonchev–Trinajstić information content (AvgIpc) is 2.61. The molecule has 0 bridgehead atoms. The summed E-state index contributed by atoms with van der Waals surface area (Å²) in [5.41, 5.74) is 0. The Hall–Kier alpha value is -1.44. The van der Waals surface area contributed by atoms with Gasteiger partial charge in [0.05, 0.1) is 11.4 Å². The van der Waals surface area contributed by atoms with E-state index in [1.54, 1.807) is 30.3 Å². The van der Waals surface area contributed by atoms with E-state index in [2.05, 4.69) is 19.2 Å². The number of hydrogen-bond donors (Lipinski definition) is 1. The van der Waals surface area contributed by atoms with Gasteiger partial charge in [0.2, 0.25) is 15.9 Å². The maximum Gasteiger partial charge on any atom is 0.243 e. The second-order valence-corrected chi connectivity index (χ2v) is 9.37. The van der Waals surface area contributed by atoms with Gasteiger partial charge in [0.15, 0.2) is 0 Å². The second-order valence-electron chi connectivity index (χ2n) is 7.43. The molecule has 0 spiro atoms. The van der Waals surface area contributed by atoms with Gasteiger partial charge in [-0.3, -0.25) is 9.69 Å². The Balaban J connectivity index is 1.79. The van der Waals surface area contributed by atoms with Crippen molar-refractivity contribution >= 4 is 15.9 Å². The summed E-state index contributed by atoms with van der Waals surface area (Å²) in [4.78, 5) is 14.5. The van der Waals surface area contributed by atoms with Gasteiger partial charge < -0.3 is 5.32 Å². The molecule has 2 rings (SSSR count). The maximum atomic E-state index is 12.6. The van der Waals surface area contributed by atoms with Crippen LogP contribution in [0.1, 0.15) is 33.6 Å². The molecule has 1 fully saturated rings. The lowest BCUT2D eigenvalue weighted by Gasteiger charge is -2.33. The molecule has 1 atom stereocenters. The molecular weight excluding hydrogens is 350 g/mol. The lowest BCUT2D eigenvalue weighted by atomic mass is 10.0. The molecule has 0 radical (unpaired) electrons. The number of piperazine rings is 1. The summed E-state index contributed by atoms with van der Waals surface area (Å²) < 4.78 is 26.7. The zero-order valence-corrected chi connectivity index (χ0v) is 16.8. The predicted octanol–water partition coefficient (Wildman–Crippen LogP) is 1.93. The summed E-state index contributed by atoms with van der Waals surface area (Å²) >= 11 is 0. The molecule has 1 aromatic rings. The van der Waals surface area contributed by atoms with Crippen molar-refractivity contribution in [3.8, 4) is 0 Å². The highest BCUT2D eigenvalue weighted by molar-refractivity contribution is 7.89. The van der Waals surface area contributed by atoms with Crippen LogP contribution >= 0.6 is 0 Å². The predicted molar refractivity (Wildman–Crippen MR) is 103 cm³/mol. The summed E-state index contributed by atoms with van der Waals surface area (Å²) in [6.45, 7) is 8.67. The SMILES string of the molecule is CC(C)CC[C@H](C)NC(=O)CN1CCN(S(=O)(=O)c2ccccc2)CC1. The highest BCUT2D eigenvalue weighted by Crippen LogP contribution is 2.17. The van der Waals surface area contributed by atoms with E-state index in [9.17, 15) is 13.2 Å². The molecule has 7 heteroatoms. The number of nitrogens with one attached hydrogen (secondary N) is 1. The van der Waals surface area contributed by atoms with Gasteiger partial charge >= 0.3 is 0 Å². The minimum Gasteiger partial charge on any atom is -0.353 e. The molecule has 1 aliphatic rings. The fourth-order valence-corrected chi connectivity index (χ4v) is 4.49. The number of amides is 1. The largest absolute Gasteiger partial charge is 0.353 e. The first-order valence-corrected chi connectivity index (χ1v) is 10.8. The normalized spacial score (nSPS) is 18.0. The molecule has 26 heavy (non-hydrogen) atoms. The number of carbonyl (C=O) groups excluding carboxylic acids is 1. The van der Waals surface area contributed by atoms with E-state index in [-0.39, 0.29) is 11.9 Å². The molecule has 0 unspecified atom stereocenters. The van der Waals surface area contributed by atoms with Crippen LogP contribution < -0.4 is 5.32 Å². The number of benzene rings is 1.